The quantitative estimate of drug-likeness (QED) is 0.590. The topological polar surface area (TPSA) is 84.9 Å². The molecule has 0 aliphatic carbocycles. The standard InChI is InChI=1S/C23H17ClN2O5/c1-26-22(28)17-9-3-13(11-18(17)23(26)29)21(27)25-19-12-14(24)4-10-20(19)31-16-7-5-15(30-2)6-8-16/h3-12H,1-2H3,(H,25,27). The van der Waals surface area contributed by atoms with Gasteiger partial charge in [-0.3, -0.25) is 19.3 Å². The fraction of sp³-hybridized carbons (Fsp3) is 0.0870. The molecule has 4 rings (SSSR count). The zero-order valence-electron chi connectivity index (χ0n) is 16.6. The first kappa shape index (κ1) is 20.4. The Hall–Kier alpha value is -3.84. The van der Waals surface area contributed by atoms with Crippen LogP contribution in [0.3, 0.4) is 0 Å². The van der Waals surface area contributed by atoms with Gasteiger partial charge >= 0.3 is 0 Å². The van der Waals surface area contributed by atoms with Gasteiger partial charge in [0.2, 0.25) is 0 Å². The van der Waals surface area contributed by atoms with E-state index >= 15 is 0 Å². The van der Waals surface area contributed by atoms with E-state index in [0.29, 0.717) is 28.0 Å². The van der Waals surface area contributed by atoms with Crippen LogP contribution in [0, 0.1) is 0 Å². The Kier molecular flexibility index (Phi) is 5.35. The van der Waals surface area contributed by atoms with E-state index in [0.717, 1.165) is 4.90 Å². The van der Waals surface area contributed by atoms with Crippen LogP contribution in [0.2, 0.25) is 5.02 Å². The molecule has 0 bridgehead atoms. The molecule has 31 heavy (non-hydrogen) atoms. The zero-order chi connectivity index (χ0) is 22.1. The average Bonchev–Trinajstić information content (AvgIpc) is 2.99. The van der Waals surface area contributed by atoms with Crippen LogP contribution in [0.5, 0.6) is 17.2 Å². The summed E-state index contributed by atoms with van der Waals surface area (Å²) in [7, 11) is 2.97. The second kappa shape index (κ2) is 8.12. The molecule has 0 radical (unpaired) electrons. The first-order valence-electron chi connectivity index (χ1n) is 9.26. The SMILES string of the molecule is COc1ccc(Oc2ccc(Cl)cc2NC(=O)c2ccc3c(c2)C(=O)N(C)C3=O)cc1. The molecular formula is C23H17ClN2O5. The predicted molar refractivity (Wildman–Crippen MR) is 115 cm³/mol. The monoisotopic (exact) mass is 436 g/mol. The molecule has 1 heterocycles. The number of fused-ring (bicyclic) bond motifs is 1. The van der Waals surface area contributed by atoms with E-state index in [2.05, 4.69) is 5.32 Å². The molecule has 1 aliphatic rings. The second-order valence-electron chi connectivity index (χ2n) is 6.80. The summed E-state index contributed by atoms with van der Waals surface area (Å²) in [5, 5.41) is 3.17. The van der Waals surface area contributed by atoms with Crippen LogP contribution >= 0.6 is 11.6 Å². The fourth-order valence-electron chi connectivity index (χ4n) is 3.16. The van der Waals surface area contributed by atoms with Crippen molar-refractivity contribution in [1.82, 2.24) is 4.90 Å². The van der Waals surface area contributed by atoms with Gasteiger partial charge in [0.25, 0.3) is 17.7 Å². The van der Waals surface area contributed by atoms with E-state index in [1.807, 2.05) is 0 Å². The molecular weight excluding hydrogens is 420 g/mol. The van der Waals surface area contributed by atoms with Crippen molar-refractivity contribution in [3.8, 4) is 17.2 Å². The molecule has 1 N–H and O–H groups in total. The summed E-state index contributed by atoms with van der Waals surface area (Å²) in [5.74, 6) is 0.308. The highest BCUT2D eigenvalue weighted by molar-refractivity contribution is 6.31. The molecule has 0 unspecified atom stereocenters. The number of ether oxygens (including phenoxy) is 2. The third-order valence-corrected chi connectivity index (χ3v) is 5.06. The van der Waals surface area contributed by atoms with Crippen molar-refractivity contribution in [2.45, 2.75) is 0 Å². The number of methoxy groups -OCH3 is 1. The summed E-state index contributed by atoms with van der Waals surface area (Å²) in [6.45, 7) is 0. The molecule has 0 fully saturated rings. The van der Waals surface area contributed by atoms with Crippen molar-refractivity contribution < 1.29 is 23.9 Å². The number of rotatable bonds is 5. The van der Waals surface area contributed by atoms with Crippen LogP contribution in [0.4, 0.5) is 5.69 Å². The Balaban J connectivity index is 1.59. The molecule has 0 saturated carbocycles. The number of hydrogen-bond acceptors (Lipinski definition) is 5. The number of amides is 3. The number of hydrogen-bond donors (Lipinski definition) is 1. The largest absolute Gasteiger partial charge is 0.497 e. The molecule has 0 spiro atoms. The van der Waals surface area contributed by atoms with Gasteiger partial charge in [0.1, 0.15) is 11.5 Å². The minimum absolute atomic E-state index is 0.195. The summed E-state index contributed by atoms with van der Waals surface area (Å²) in [6, 6.07) is 16.2. The molecule has 0 aromatic heterocycles. The number of nitrogens with one attached hydrogen (secondary N) is 1. The molecule has 3 aromatic rings. The van der Waals surface area contributed by atoms with Gasteiger partial charge < -0.3 is 14.8 Å². The summed E-state index contributed by atoms with van der Waals surface area (Å²) in [4.78, 5) is 38.1. The highest BCUT2D eigenvalue weighted by Crippen LogP contribution is 2.33. The molecule has 7 nitrogen and oxygen atoms in total. The molecule has 3 aromatic carbocycles. The second-order valence-corrected chi connectivity index (χ2v) is 7.24. The van der Waals surface area contributed by atoms with Gasteiger partial charge in [0.05, 0.1) is 23.9 Å². The van der Waals surface area contributed by atoms with E-state index in [9.17, 15) is 14.4 Å². The maximum atomic E-state index is 12.8. The van der Waals surface area contributed by atoms with Gasteiger partial charge in [-0.2, -0.15) is 0 Å². The van der Waals surface area contributed by atoms with Crippen molar-refractivity contribution in [3.63, 3.8) is 0 Å². The lowest BCUT2D eigenvalue weighted by molar-refractivity contribution is 0.0693. The van der Waals surface area contributed by atoms with Crippen LogP contribution < -0.4 is 14.8 Å². The van der Waals surface area contributed by atoms with E-state index in [1.54, 1.807) is 49.6 Å². The average molecular weight is 437 g/mol. The van der Waals surface area contributed by atoms with E-state index in [4.69, 9.17) is 21.1 Å². The number of benzene rings is 3. The Bertz CT molecular complexity index is 1210. The van der Waals surface area contributed by atoms with E-state index in [1.165, 1.54) is 25.2 Å². The van der Waals surface area contributed by atoms with Crippen molar-refractivity contribution in [1.29, 1.82) is 0 Å². The van der Waals surface area contributed by atoms with E-state index in [-0.39, 0.29) is 16.7 Å². The molecule has 8 heteroatoms. The van der Waals surface area contributed by atoms with Gasteiger partial charge in [0, 0.05) is 17.6 Å². The summed E-state index contributed by atoms with van der Waals surface area (Å²) in [5.41, 5.74) is 1.05. The lowest BCUT2D eigenvalue weighted by Gasteiger charge is -2.13. The maximum absolute atomic E-state index is 12.8. The first-order valence-corrected chi connectivity index (χ1v) is 9.64. The maximum Gasteiger partial charge on any atom is 0.261 e. The minimum atomic E-state index is -0.473. The van der Waals surface area contributed by atoms with Crippen molar-refractivity contribution >= 4 is 35.0 Å². The van der Waals surface area contributed by atoms with Crippen molar-refractivity contribution in [3.05, 3.63) is 82.4 Å². The summed E-state index contributed by atoms with van der Waals surface area (Å²) >= 11 is 6.11. The molecule has 156 valence electrons. The predicted octanol–water partition coefficient (Wildman–Crippen LogP) is 4.62. The molecule has 1 aliphatic heterocycles. The Morgan fingerprint density at radius 2 is 1.58 bits per heavy atom. The lowest BCUT2D eigenvalue weighted by atomic mass is 10.1. The van der Waals surface area contributed by atoms with Crippen LogP contribution in [-0.2, 0) is 0 Å². The highest BCUT2D eigenvalue weighted by Gasteiger charge is 2.33. The molecule has 0 atom stereocenters. The minimum Gasteiger partial charge on any atom is -0.497 e. The van der Waals surface area contributed by atoms with Gasteiger partial charge in [-0.15, -0.1) is 0 Å². The number of imide groups is 1. The third kappa shape index (κ3) is 3.95. The van der Waals surface area contributed by atoms with Crippen LogP contribution in [0.15, 0.2) is 60.7 Å². The third-order valence-electron chi connectivity index (χ3n) is 4.83. The van der Waals surface area contributed by atoms with Crippen LogP contribution in [-0.4, -0.2) is 36.8 Å². The molecule has 3 amide bonds. The number of anilines is 1. The van der Waals surface area contributed by atoms with E-state index < -0.39 is 17.7 Å². The van der Waals surface area contributed by atoms with Gasteiger partial charge in [-0.1, -0.05) is 11.6 Å². The van der Waals surface area contributed by atoms with Crippen molar-refractivity contribution in [2.75, 3.05) is 19.5 Å². The highest BCUT2D eigenvalue weighted by atomic mass is 35.5. The Morgan fingerprint density at radius 1 is 0.903 bits per heavy atom. The summed E-state index contributed by atoms with van der Waals surface area (Å²) < 4.78 is 11.0. The van der Waals surface area contributed by atoms with Gasteiger partial charge in [0.15, 0.2) is 5.75 Å². The number of halogens is 1. The smallest absolute Gasteiger partial charge is 0.261 e. The zero-order valence-corrected chi connectivity index (χ0v) is 17.4. The molecule has 0 saturated heterocycles. The summed E-state index contributed by atoms with van der Waals surface area (Å²) in [6.07, 6.45) is 0. The van der Waals surface area contributed by atoms with Gasteiger partial charge in [-0.25, -0.2) is 0 Å². The number of carbonyl (C=O) groups excluding carboxylic acids is 3. The van der Waals surface area contributed by atoms with Crippen LogP contribution in [0.25, 0.3) is 0 Å². The van der Waals surface area contributed by atoms with Crippen LogP contribution in [0.1, 0.15) is 31.1 Å². The number of carbonyl (C=O) groups is 3. The Morgan fingerprint density at radius 3 is 2.29 bits per heavy atom. The fourth-order valence-corrected chi connectivity index (χ4v) is 3.33. The van der Waals surface area contributed by atoms with Crippen molar-refractivity contribution in [2.24, 2.45) is 0 Å². The Labute approximate surface area is 183 Å². The lowest BCUT2D eigenvalue weighted by Crippen LogP contribution is -2.24. The normalized spacial score (nSPS) is 12.5. The first-order chi connectivity index (χ1) is 14.9. The van der Waals surface area contributed by atoms with Gasteiger partial charge in [-0.05, 0) is 60.7 Å². The number of nitrogens with zero attached hydrogens (tertiary/aromatic N) is 1.